The van der Waals surface area contributed by atoms with Crippen molar-refractivity contribution in [2.75, 3.05) is 6.61 Å². The highest BCUT2D eigenvalue weighted by atomic mass is 35.5. The van der Waals surface area contributed by atoms with Crippen molar-refractivity contribution in [3.63, 3.8) is 0 Å². The molecule has 0 saturated carbocycles. The molecule has 0 N–H and O–H groups in total. The van der Waals surface area contributed by atoms with Gasteiger partial charge in [-0.1, -0.05) is 36.7 Å². The molecule has 0 heterocycles. The highest BCUT2D eigenvalue weighted by molar-refractivity contribution is 6.31. The number of ketones is 1. The van der Waals surface area contributed by atoms with E-state index < -0.39 is 5.82 Å². The molecule has 2 rings (SSSR count). The van der Waals surface area contributed by atoms with E-state index in [2.05, 4.69) is 0 Å². The van der Waals surface area contributed by atoms with Crippen molar-refractivity contribution in [1.82, 2.24) is 0 Å². The van der Waals surface area contributed by atoms with Gasteiger partial charge in [-0.05, 0) is 30.7 Å². The van der Waals surface area contributed by atoms with E-state index in [0.29, 0.717) is 17.9 Å². The first-order chi connectivity index (χ1) is 10.1. The minimum atomic E-state index is -0.464. The number of rotatable bonds is 6. The Bertz CT molecular complexity index is 620. The van der Waals surface area contributed by atoms with Gasteiger partial charge in [0.2, 0.25) is 0 Å². The fraction of sp³-hybridized carbons (Fsp3) is 0.235. The summed E-state index contributed by atoms with van der Waals surface area (Å²) >= 11 is 5.94. The topological polar surface area (TPSA) is 26.3 Å². The lowest BCUT2D eigenvalue weighted by molar-refractivity contribution is 0.0991. The van der Waals surface area contributed by atoms with Crippen LogP contribution in [0.5, 0.6) is 5.75 Å². The van der Waals surface area contributed by atoms with E-state index in [-0.39, 0.29) is 22.8 Å². The molecule has 0 fully saturated rings. The maximum absolute atomic E-state index is 13.7. The van der Waals surface area contributed by atoms with Crippen molar-refractivity contribution >= 4 is 17.4 Å². The summed E-state index contributed by atoms with van der Waals surface area (Å²) in [6, 6.07) is 11.3. The van der Waals surface area contributed by atoms with Crippen LogP contribution in [0.1, 0.15) is 29.3 Å². The zero-order chi connectivity index (χ0) is 15.2. The van der Waals surface area contributed by atoms with E-state index in [1.54, 1.807) is 30.3 Å². The highest BCUT2D eigenvalue weighted by Gasteiger charge is 2.14. The van der Waals surface area contributed by atoms with Crippen LogP contribution in [-0.4, -0.2) is 12.4 Å². The maximum Gasteiger partial charge on any atom is 0.167 e. The summed E-state index contributed by atoms with van der Waals surface area (Å²) in [6.07, 6.45) is 0.825. The van der Waals surface area contributed by atoms with Gasteiger partial charge in [0, 0.05) is 22.6 Å². The van der Waals surface area contributed by atoms with Crippen LogP contribution in [0.2, 0.25) is 5.02 Å². The fourth-order valence-electron chi connectivity index (χ4n) is 1.94. The Hall–Kier alpha value is -1.87. The van der Waals surface area contributed by atoms with Crippen LogP contribution in [-0.2, 0) is 6.42 Å². The molecule has 4 heteroatoms. The minimum absolute atomic E-state index is 0.0667. The van der Waals surface area contributed by atoms with Crippen molar-refractivity contribution in [3.05, 3.63) is 64.4 Å². The van der Waals surface area contributed by atoms with Gasteiger partial charge >= 0.3 is 0 Å². The number of ether oxygens (including phenoxy) is 1. The van der Waals surface area contributed by atoms with Gasteiger partial charge in [0.25, 0.3) is 0 Å². The third-order valence-corrected chi connectivity index (χ3v) is 3.38. The monoisotopic (exact) mass is 306 g/mol. The van der Waals surface area contributed by atoms with E-state index >= 15 is 0 Å². The molecule has 0 atom stereocenters. The van der Waals surface area contributed by atoms with E-state index in [4.69, 9.17) is 16.3 Å². The number of hydrogen-bond donors (Lipinski definition) is 0. The molecule has 21 heavy (non-hydrogen) atoms. The quantitative estimate of drug-likeness (QED) is 0.723. The highest BCUT2D eigenvalue weighted by Crippen LogP contribution is 2.22. The molecular weight excluding hydrogens is 291 g/mol. The van der Waals surface area contributed by atoms with Gasteiger partial charge < -0.3 is 4.74 Å². The van der Waals surface area contributed by atoms with Gasteiger partial charge in [-0.25, -0.2) is 4.39 Å². The smallest absolute Gasteiger partial charge is 0.167 e. The summed E-state index contributed by atoms with van der Waals surface area (Å²) in [4.78, 5) is 12.3. The van der Waals surface area contributed by atoms with Crippen molar-refractivity contribution in [1.29, 1.82) is 0 Å². The van der Waals surface area contributed by atoms with Crippen LogP contribution < -0.4 is 4.74 Å². The Kier molecular flexibility index (Phi) is 5.34. The molecule has 0 bridgehead atoms. The summed E-state index contributed by atoms with van der Waals surface area (Å²) < 4.78 is 19.2. The van der Waals surface area contributed by atoms with Crippen LogP contribution >= 0.6 is 11.6 Å². The molecule has 0 aromatic heterocycles. The molecule has 2 aromatic rings. The van der Waals surface area contributed by atoms with Gasteiger partial charge in [-0.2, -0.15) is 0 Å². The number of Topliss-reactive ketones (excluding diaryl/α,β-unsaturated/α-hetero) is 1. The zero-order valence-corrected chi connectivity index (χ0v) is 12.5. The van der Waals surface area contributed by atoms with Crippen LogP contribution in [0, 0.1) is 5.82 Å². The largest absolute Gasteiger partial charge is 0.494 e. The maximum atomic E-state index is 13.7. The van der Waals surface area contributed by atoms with Crippen molar-refractivity contribution in [3.8, 4) is 5.75 Å². The average molecular weight is 307 g/mol. The molecule has 0 aliphatic carbocycles. The van der Waals surface area contributed by atoms with E-state index in [9.17, 15) is 9.18 Å². The molecule has 110 valence electrons. The number of halogens is 2. The van der Waals surface area contributed by atoms with Gasteiger partial charge in [-0.3, -0.25) is 4.79 Å². The number of benzene rings is 2. The Morgan fingerprint density at radius 3 is 2.71 bits per heavy atom. The minimum Gasteiger partial charge on any atom is -0.494 e. The Morgan fingerprint density at radius 2 is 2.00 bits per heavy atom. The normalized spacial score (nSPS) is 10.4. The third kappa shape index (κ3) is 4.05. The average Bonchev–Trinajstić information content (AvgIpc) is 2.49. The molecule has 0 amide bonds. The molecule has 0 spiro atoms. The summed E-state index contributed by atoms with van der Waals surface area (Å²) in [5.74, 6) is -0.0134. The number of hydrogen-bond acceptors (Lipinski definition) is 2. The first-order valence-corrected chi connectivity index (χ1v) is 7.18. The standard InChI is InChI=1S/C17H16ClFO2/c1-2-9-21-13-6-3-5-12(10-13)17(20)11-14-15(18)7-4-8-16(14)19/h3-8,10H,2,9,11H2,1H3. The van der Waals surface area contributed by atoms with Crippen LogP contribution in [0.15, 0.2) is 42.5 Å². The van der Waals surface area contributed by atoms with Crippen molar-refractivity contribution in [2.45, 2.75) is 19.8 Å². The Balaban J connectivity index is 2.17. The number of carbonyl (C=O) groups excluding carboxylic acids is 1. The molecule has 0 saturated heterocycles. The SMILES string of the molecule is CCCOc1cccc(C(=O)Cc2c(F)cccc2Cl)c1. The Morgan fingerprint density at radius 1 is 1.24 bits per heavy atom. The summed E-state index contributed by atoms with van der Waals surface area (Å²) in [5.41, 5.74) is 0.715. The van der Waals surface area contributed by atoms with Gasteiger partial charge in [0.1, 0.15) is 11.6 Å². The van der Waals surface area contributed by atoms with Gasteiger partial charge in [0.15, 0.2) is 5.78 Å². The van der Waals surface area contributed by atoms with Crippen molar-refractivity contribution < 1.29 is 13.9 Å². The summed E-state index contributed by atoms with van der Waals surface area (Å²) in [5, 5.41) is 0.265. The second-order valence-corrected chi connectivity index (χ2v) is 5.08. The third-order valence-electron chi connectivity index (χ3n) is 3.03. The second kappa shape index (κ2) is 7.23. The van der Waals surface area contributed by atoms with E-state index in [1.165, 1.54) is 12.1 Å². The molecule has 0 radical (unpaired) electrons. The fourth-order valence-corrected chi connectivity index (χ4v) is 2.17. The molecule has 0 aliphatic heterocycles. The van der Waals surface area contributed by atoms with Crippen LogP contribution in [0.25, 0.3) is 0 Å². The molecular formula is C17H16ClFO2. The van der Waals surface area contributed by atoms with Crippen LogP contribution in [0.4, 0.5) is 4.39 Å². The number of carbonyl (C=O) groups is 1. The second-order valence-electron chi connectivity index (χ2n) is 4.68. The van der Waals surface area contributed by atoms with Gasteiger partial charge in [0.05, 0.1) is 6.61 Å². The zero-order valence-electron chi connectivity index (χ0n) is 11.7. The molecule has 2 nitrogen and oxygen atoms in total. The predicted octanol–water partition coefficient (Wildman–Crippen LogP) is 4.69. The molecule has 0 unspecified atom stereocenters. The van der Waals surface area contributed by atoms with Gasteiger partial charge in [-0.15, -0.1) is 0 Å². The first kappa shape index (κ1) is 15.5. The van der Waals surface area contributed by atoms with Crippen molar-refractivity contribution in [2.24, 2.45) is 0 Å². The lowest BCUT2D eigenvalue weighted by atomic mass is 10.0. The van der Waals surface area contributed by atoms with E-state index in [1.807, 2.05) is 6.92 Å². The summed E-state index contributed by atoms with van der Waals surface area (Å²) in [6.45, 7) is 2.60. The Labute approximate surface area is 128 Å². The predicted molar refractivity (Wildman–Crippen MR) is 81.7 cm³/mol. The lowest BCUT2D eigenvalue weighted by Crippen LogP contribution is -2.06. The lowest BCUT2D eigenvalue weighted by Gasteiger charge is -2.08. The van der Waals surface area contributed by atoms with Crippen LogP contribution in [0.3, 0.4) is 0 Å². The molecule has 2 aromatic carbocycles. The summed E-state index contributed by atoms with van der Waals surface area (Å²) in [7, 11) is 0. The molecule has 0 aliphatic rings. The first-order valence-electron chi connectivity index (χ1n) is 6.80. The van der Waals surface area contributed by atoms with E-state index in [0.717, 1.165) is 6.42 Å².